The van der Waals surface area contributed by atoms with Crippen molar-refractivity contribution < 1.29 is 19.0 Å². The van der Waals surface area contributed by atoms with Crippen molar-refractivity contribution in [3.05, 3.63) is 48.5 Å². The molecule has 2 aromatic carbocycles. The van der Waals surface area contributed by atoms with E-state index >= 15 is 0 Å². The Morgan fingerprint density at radius 1 is 1.15 bits per heavy atom. The Morgan fingerprint density at radius 3 is 2.82 bits per heavy atom. The number of fused-ring (bicyclic) bond motifs is 1. The molecule has 3 rings (SSSR count). The van der Waals surface area contributed by atoms with E-state index < -0.39 is 0 Å². The Morgan fingerprint density at radius 2 is 2.00 bits per heavy atom. The fraction of sp³-hybridized carbons (Fsp3) is 0.417. The second-order valence-electron chi connectivity index (χ2n) is 7.26. The van der Waals surface area contributed by atoms with Gasteiger partial charge in [0, 0.05) is 51.5 Å². The summed E-state index contributed by atoms with van der Waals surface area (Å²) in [7, 11) is 1.68. The number of benzene rings is 2. The van der Waals surface area contributed by atoms with Crippen LogP contribution in [-0.2, 0) is 9.53 Å². The van der Waals surface area contributed by atoms with E-state index in [-0.39, 0.29) is 36.5 Å². The van der Waals surface area contributed by atoms with Gasteiger partial charge in [-0.3, -0.25) is 9.79 Å². The number of carbonyl (C=O) groups is 1. The Labute approximate surface area is 212 Å². The minimum Gasteiger partial charge on any atom is -0.493 e. The number of carbonyl (C=O) groups excluding carboxylic acids is 1. The van der Waals surface area contributed by atoms with Gasteiger partial charge in [-0.2, -0.15) is 0 Å². The van der Waals surface area contributed by atoms with E-state index in [0.29, 0.717) is 32.3 Å². The summed E-state index contributed by atoms with van der Waals surface area (Å²) in [5.74, 6) is 2.21. The summed E-state index contributed by atoms with van der Waals surface area (Å²) in [6.07, 6.45) is 1.58. The number of nitrogens with zero attached hydrogens (tertiary/aromatic N) is 2. The number of nitrogens with one attached hydrogen (secondary N) is 2. The van der Waals surface area contributed by atoms with Crippen LogP contribution in [0.25, 0.3) is 0 Å². The molecule has 2 N–H and O–H groups in total. The van der Waals surface area contributed by atoms with Crippen molar-refractivity contribution in [3.8, 4) is 11.5 Å². The summed E-state index contributed by atoms with van der Waals surface area (Å²) in [6.45, 7) is 5.30. The van der Waals surface area contributed by atoms with Crippen molar-refractivity contribution in [1.82, 2.24) is 5.32 Å². The lowest BCUT2D eigenvalue weighted by Gasteiger charge is -2.29. The predicted molar refractivity (Wildman–Crippen MR) is 142 cm³/mol. The maximum Gasteiger partial charge on any atom is 0.265 e. The Balaban J connectivity index is 0.00000385. The molecule has 1 aliphatic heterocycles. The molecule has 9 heteroatoms. The lowest BCUT2D eigenvalue weighted by molar-refractivity contribution is -0.121. The molecule has 0 aliphatic carbocycles. The zero-order valence-corrected chi connectivity index (χ0v) is 21.5. The number of para-hydroxylation sites is 2. The van der Waals surface area contributed by atoms with Crippen LogP contribution in [0, 0.1) is 0 Å². The highest BCUT2D eigenvalue weighted by molar-refractivity contribution is 14.0. The lowest BCUT2D eigenvalue weighted by atomic mass is 10.2. The smallest absolute Gasteiger partial charge is 0.265 e. The molecule has 0 atom stereocenters. The minimum atomic E-state index is -0.0278. The first-order valence-electron chi connectivity index (χ1n) is 11.0. The fourth-order valence-corrected chi connectivity index (χ4v) is 3.32. The van der Waals surface area contributed by atoms with Gasteiger partial charge in [0.1, 0.15) is 11.5 Å². The van der Waals surface area contributed by atoms with Gasteiger partial charge < -0.3 is 29.7 Å². The van der Waals surface area contributed by atoms with Crippen molar-refractivity contribution in [1.29, 1.82) is 0 Å². The van der Waals surface area contributed by atoms with Crippen LogP contribution in [0.4, 0.5) is 11.4 Å². The zero-order chi connectivity index (χ0) is 22.6. The molecule has 180 valence electrons. The van der Waals surface area contributed by atoms with Crippen molar-refractivity contribution in [3.63, 3.8) is 0 Å². The van der Waals surface area contributed by atoms with Crippen LogP contribution >= 0.6 is 24.0 Å². The van der Waals surface area contributed by atoms with Crippen LogP contribution in [0.1, 0.15) is 19.8 Å². The Bertz CT molecular complexity index is 910. The quantitative estimate of drug-likeness (QED) is 0.185. The standard InChI is InChI=1S/C24H32N4O4.HI/c1-3-25-24(27-19-9-6-10-20(17-19)31-16-8-15-30-2)26-13-7-14-28-21-11-4-5-12-22(21)32-18-23(28)29;/h4-6,9-12,17H,3,7-8,13-16,18H2,1-2H3,(H2,25,26,27);1H. The molecule has 33 heavy (non-hydrogen) atoms. The normalized spacial score (nSPS) is 13.0. The third kappa shape index (κ3) is 8.39. The third-order valence-corrected chi connectivity index (χ3v) is 4.82. The van der Waals surface area contributed by atoms with Gasteiger partial charge in [0.2, 0.25) is 0 Å². The number of ether oxygens (including phenoxy) is 3. The molecule has 1 aliphatic rings. The summed E-state index contributed by atoms with van der Waals surface area (Å²) in [5.41, 5.74) is 1.71. The minimum absolute atomic E-state index is 0. The van der Waals surface area contributed by atoms with Gasteiger partial charge in [-0.1, -0.05) is 18.2 Å². The average molecular weight is 568 g/mol. The van der Waals surface area contributed by atoms with Crippen molar-refractivity contribution >= 4 is 47.2 Å². The zero-order valence-electron chi connectivity index (χ0n) is 19.2. The number of methoxy groups -OCH3 is 1. The summed E-state index contributed by atoms with van der Waals surface area (Å²) in [5, 5.41) is 6.57. The number of halogens is 1. The summed E-state index contributed by atoms with van der Waals surface area (Å²) in [6, 6.07) is 15.4. The summed E-state index contributed by atoms with van der Waals surface area (Å²) in [4.78, 5) is 18.7. The van der Waals surface area contributed by atoms with Crippen molar-refractivity contribution in [2.24, 2.45) is 4.99 Å². The Kier molecular flexibility index (Phi) is 11.8. The van der Waals surface area contributed by atoms with E-state index in [4.69, 9.17) is 14.2 Å². The first kappa shape index (κ1) is 26.7. The Hall–Kier alpha value is -2.53. The van der Waals surface area contributed by atoms with Gasteiger partial charge in [0.05, 0.1) is 12.3 Å². The molecule has 0 saturated heterocycles. The van der Waals surface area contributed by atoms with E-state index in [1.54, 1.807) is 12.0 Å². The topological polar surface area (TPSA) is 84.4 Å². The van der Waals surface area contributed by atoms with Gasteiger partial charge in [-0.05, 0) is 37.6 Å². The maximum absolute atomic E-state index is 12.3. The second kappa shape index (κ2) is 14.6. The molecule has 0 spiro atoms. The molecule has 1 heterocycles. The van der Waals surface area contributed by atoms with Crippen molar-refractivity contribution in [2.75, 3.05) is 56.8 Å². The molecule has 1 amide bonds. The first-order chi connectivity index (χ1) is 15.7. The fourth-order valence-electron chi connectivity index (χ4n) is 3.32. The number of anilines is 2. The van der Waals surface area contributed by atoms with Crippen LogP contribution < -0.4 is 25.0 Å². The molecule has 0 bridgehead atoms. The number of rotatable bonds is 11. The molecule has 0 radical (unpaired) electrons. The molecule has 0 saturated carbocycles. The largest absolute Gasteiger partial charge is 0.493 e. The molecule has 0 fully saturated rings. The number of guanidine groups is 1. The second-order valence-corrected chi connectivity index (χ2v) is 7.26. The highest BCUT2D eigenvalue weighted by atomic mass is 127. The van der Waals surface area contributed by atoms with Crippen LogP contribution in [0.3, 0.4) is 0 Å². The van der Waals surface area contributed by atoms with E-state index in [1.165, 1.54) is 0 Å². The van der Waals surface area contributed by atoms with Gasteiger partial charge in [-0.25, -0.2) is 0 Å². The first-order valence-corrected chi connectivity index (χ1v) is 11.0. The SMILES string of the molecule is CCNC(=NCCCN1C(=O)COc2ccccc21)Nc1cccc(OCCCOC)c1.I. The van der Waals surface area contributed by atoms with E-state index in [9.17, 15) is 4.79 Å². The lowest BCUT2D eigenvalue weighted by Crippen LogP contribution is -2.39. The van der Waals surface area contributed by atoms with Crippen LogP contribution in [0.15, 0.2) is 53.5 Å². The predicted octanol–water partition coefficient (Wildman–Crippen LogP) is 3.91. The molecular formula is C24H33IN4O4. The number of hydrogen-bond acceptors (Lipinski definition) is 5. The number of aliphatic imine (C=N–C) groups is 1. The molecule has 0 aromatic heterocycles. The maximum atomic E-state index is 12.3. The molecule has 2 aromatic rings. The third-order valence-electron chi connectivity index (χ3n) is 4.82. The monoisotopic (exact) mass is 568 g/mol. The number of amides is 1. The molecule has 0 unspecified atom stereocenters. The van der Waals surface area contributed by atoms with E-state index in [1.807, 2.05) is 55.5 Å². The van der Waals surface area contributed by atoms with E-state index in [2.05, 4.69) is 15.6 Å². The van der Waals surface area contributed by atoms with Gasteiger partial charge in [-0.15, -0.1) is 24.0 Å². The van der Waals surface area contributed by atoms with Crippen molar-refractivity contribution in [2.45, 2.75) is 19.8 Å². The average Bonchev–Trinajstić information content (AvgIpc) is 2.81. The highest BCUT2D eigenvalue weighted by Gasteiger charge is 2.24. The van der Waals surface area contributed by atoms with Gasteiger partial charge >= 0.3 is 0 Å². The van der Waals surface area contributed by atoms with Crippen LogP contribution in [0.5, 0.6) is 11.5 Å². The van der Waals surface area contributed by atoms with Gasteiger partial charge in [0.15, 0.2) is 12.6 Å². The van der Waals surface area contributed by atoms with Crippen LogP contribution in [-0.4, -0.2) is 58.4 Å². The summed E-state index contributed by atoms with van der Waals surface area (Å²) < 4.78 is 16.3. The summed E-state index contributed by atoms with van der Waals surface area (Å²) >= 11 is 0. The molecule has 8 nitrogen and oxygen atoms in total. The molecular weight excluding hydrogens is 535 g/mol. The van der Waals surface area contributed by atoms with E-state index in [0.717, 1.165) is 42.3 Å². The van der Waals surface area contributed by atoms with Gasteiger partial charge in [0.25, 0.3) is 5.91 Å². The highest BCUT2D eigenvalue weighted by Crippen LogP contribution is 2.31. The number of hydrogen-bond donors (Lipinski definition) is 2. The van der Waals surface area contributed by atoms with Crippen LogP contribution in [0.2, 0.25) is 0 Å².